The number of hydrogen-bond acceptors (Lipinski definition) is 4. The molecule has 7 heteroatoms. The maximum Gasteiger partial charge on any atom is 0.294 e. The van der Waals surface area contributed by atoms with E-state index in [9.17, 15) is 13.2 Å². The number of benzene rings is 1. The minimum atomic E-state index is -4.18. The minimum Gasteiger partial charge on any atom is -0.296 e. The third-order valence-electron chi connectivity index (χ3n) is 2.61. The van der Waals surface area contributed by atoms with Crippen LogP contribution in [-0.4, -0.2) is 29.0 Å². The van der Waals surface area contributed by atoms with Crippen LogP contribution in [-0.2, 0) is 16.7 Å². The maximum absolute atomic E-state index is 10.9. The van der Waals surface area contributed by atoms with E-state index in [1.807, 2.05) is 0 Å². The van der Waals surface area contributed by atoms with Crippen molar-refractivity contribution in [3.63, 3.8) is 0 Å². The lowest BCUT2D eigenvalue weighted by atomic mass is 10.2. The molecule has 1 heterocycles. The largest absolute Gasteiger partial charge is 0.296 e. The van der Waals surface area contributed by atoms with Crippen LogP contribution in [0.15, 0.2) is 35.2 Å². The Morgan fingerprint density at radius 3 is 2.47 bits per heavy atom. The van der Waals surface area contributed by atoms with Gasteiger partial charge in [0.2, 0.25) is 0 Å². The molecule has 100 valence electrons. The predicted molar refractivity (Wildman–Crippen MR) is 67.7 cm³/mol. The maximum atomic E-state index is 10.9. The first-order valence-corrected chi connectivity index (χ1v) is 6.90. The van der Waals surface area contributed by atoms with Crippen LogP contribution in [0.2, 0.25) is 0 Å². The van der Waals surface area contributed by atoms with Crippen LogP contribution in [0.25, 0.3) is 0 Å². The first-order valence-electron chi connectivity index (χ1n) is 5.46. The minimum absolute atomic E-state index is 0.163. The van der Waals surface area contributed by atoms with E-state index < -0.39 is 10.1 Å². The van der Waals surface area contributed by atoms with Crippen molar-refractivity contribution in [1.82, 2.24) is 9.78 Å². The SMILES string of the molecule is Cc1cc(C=O)n(Cc2ccc(S(=O)(=O)O)cc2)n1. The lowest BCUT2D eigenvalue weighted by Crippen LogP contribution is -2.06. The Labute approximate surface area is 110 Å². The summed E-state index contributed by atoms with van der Waals surface area (Å²) in [6.45, 7) is 2.14. The van der Waals surface area contributed by atoms with E-state index in [0.29, 0.717) is 18.5 Å². The van der Waals surface area contributed by atoms with Crippen molar-refractivity contribution >= 4 is 16.4 Å². The number of aromatic nitrogens is 2. The summed E-state index contributed by atoms with van der Waals surface area (Å²) in [5.41, 5.74) is 1.96. The van der Waals surface area contributed by atoms with Gasteiger partial charge in [-0.1, -0.05) is 12.1 Å². The van der Waals surface area contributed by atoms with Crippen molar-refractivity contribution in [2.45, 2.75) is 18.4 Å². The van der Waals surface area contributed by atoms with Gasteiger partial charge in [0.1, 0.15) is 5.69 Å². The standard InChI is InChI=1S/C12H12N2O4S/c1-9-6-11(8-15)14(13-9)7-10-2-4-12(5-3-10)19(16,17)18/h2-6,8H,7H2,1H3,(H,16,17,18). The summed E-state index contributed by atoms with van der Waals surface area (Å²) in [4.78, 5) is 10.7. The average Bonchev–Trinajstić information content (AvgIpc) is 2.69. The molecule has 0 bridgehead atoms. The molecule has 0 aliphatic heterocycles. The number of carbonyl (C=O) groups excluding carboxylic acids is 1. The molecule has 1 aromatic heterocycles. The van der Waals surface area contributed by atoms with Crippen molar-refractivity contribution in [3.8, 4) is 0 Å². The molecule has 0 saturated carbocycles. The molecule has 19 heavy (non-hydrogen) atoms. The smallest absolute Gasteiger partial charge is 0.294 e. The van der Waals surface area contributed by atoms with Crippen LogP contribution in [0.4, 0.5) is 0 Å². The van der Waals surface area contributed by atoms with Crippen molar-refractivity contribution in [1.29, 1.82) is 0 Å². The molecular formula is C12H12N2O4S. The molecule has 0 amide bonds. The zero-order valence-electron chi connectivity index (χ0n) is 10.1. The molecule has 0 fully saturated rings. The molecule has 0 spiro atoms. The molecule has 0 aliphatic rings. The number of nitrogens with zero attached hydrogens (tertiary/aromatic N) is 2. The Morgan fingerprint density at radius 2 is 1.95 bits per heavy atom. The summed E-state index contributed by atoms with van der Waals surface area (Å²) >= 11 is 0. The summed E-state index contributed by atoms with van der Waals surface area (Å²) in [7, 11) is -4.18. The molecule has 0 radical (unpaired) electrons. The second-order valence-corrected chi connectivity index (χ2v) is 5.53. The van der Waals surface area contributed by atoms with Crippen LogP contribution < -0.4 is 0 Å². The van der Waals surface area contributed by atoms with E-state index in [1.54, 1.807) is 25.1 Å². The molecule has 1 N–H and O–H groups in total. The molecule has 6 nitrogen and oxygen atoms in total. The van der Waals surface area contributed by atoms with E-state index in [-0.39, 0.29) is 4.90 Å². The normalized spacial score (nSPS) is 11.5. The fraction of sp³-hybridized carbons (Fsp3) is 0.167. The van der Waals surface area contributed by atoms with E-state index in [2.05, 4.69) is 5.10 Å². The second kappa shape index (κ2) is 4.94. The summed E-state index contributed by atoms with van der Waals surface area (Å²) < 4.78 is 32.2. The molecule has 1 aromatic carbocycles. The Morgan fingerprint density at radius 1 is 1.32 bits per heavy atom. The van der Waals surface area contributed by atoms with E-state index >= 15 is 0 Å². The second-order valence-electron chi connectivity index (χ2n) is 4.11. The summed E-state index contributed by atoms with van der Waals surface area (Å²) in [5, 5.41) is 4.17. The zero-order valence-corrected chi connectivity index (χ0v) is 11.0. The summed E-state index contributed by atoms with van der Waals surface area (Å²) in [5.74, 6) is 0. The van der Waals surface area contributed by atoms with Crippen LogP contribution in [0.3, 0.4) is 0 Å². The van der Waals surface area contributed by atoms with Crippen molar-refractivity contribution in [2.24, 2.45) is 0 Å². The van der Waals surface area contributed by atoms with Crippen molar-refractivity contribution in [2.75, 3.05) is 0 Å². The van der Waals surface area contributed by atoms with Crippen LogP contribution >= 0.6 is 0 Å². The quantitative estimate of drug-likeness (QED) is 0.673. The number of rotatable bonds is 4. The third kappa shape index (κ3) is 3.07. The molecule has 2 rings (SSSR count). The summed E-state index contributed by atoms with van der Waals surface area (Å²) in [6, 6.07) is 7.41. The van der Waals surface area contributed by atoms with E-state index in [1.165, 1.54) is 16.8 Å². The van der Waals surface area contributed by atoms with E-state index in [0.717, 1.165) is 11.3 Å². The Bertz CT molecular complexity index is 702. The number of aldehydes is 1. The van der Waals surface area contributed by atoms with Gasteiger partial charge in [-0.15, -0.1) is 0 Å². The first-order chi connectivity index (χ1) is 8.90. The lowest BCUT2D eigenvalue weighted by Gasteiger charge is -2.04. The molecule has 0 saturated heterocycles. The van der Waals surface area contributed by atoms with Gasteiger partial charge in [-0.2, -0.15) is 13.5 Å². The highest BCUT2D eigenvalue weighted by atomic mass is 32.2. The predicted octanol–water partition coefficient (Wildman–Crippen LogP) is 1.30. The van der Waals surface area contributed by atoms with Gasteiger partial charge in [0.15, 0.2) is 6.29 Å². The van der Waals surface area contributed by atoms with Gasteiger partial charge in [0.25, 0.3) is 10.1 Å². The van der Waals surface area contributed by atoms with Gasteiger partial charge >= 0.3 is 0 Å². The molecule has 0 aliphatic carbocycles. The number of hydrogen-bond donors (Lipinski definition) is 1. The van der Waals surface area contributed by atoms with Gasteiger partial charge in [-0.05, 0) is 30.7 Å². The van der Waals surface area contributed by atoms with Gasteiger partial charge in [0, 0.05) is 0 Å². The van der Waals surface area contributed by atoms with Gasteiger partial charge < -0.3 is 0 Å². The monoisotopic (exact) mass is 280 g/mol. The van der Waals surface area contributed by atoms with E-state index in [4.69, 9.17) is 4.55 Å². The first kappa shape index (κ1) is 13.4. The molecular weight excluding hydrogens is 268 g/mol. The fourth-order valence-corrected chi connectivity index (χ4v) is 2.21. The zero-order chi connectivity index (χ0) is 14.0. The lowest BCUT2D eigenvalue weighted by molar-refractivity contribution is 0.111. The van der Waals surface area contributed by atoms with Crippen LogP contribution in [0.5, 0.6) is 0 Å². The topological polar surface area (TPSA) is 89.3 Å². The van der Waals surface area contributed by atoms with Crippen molar-refractivity contribution in [3.05, 3.63) is 47.3 Å². The third-order valence-corrected chi connectivity index (χ3v) is 3.48. The Kier molecular flexibility index (Phi) is 3.50. The Balaban J connectivity index is 2.27. The molecule has 0 atom stereocenters. The Hall–Kier alpha value is -1.99. The molecule has 2 aromatic rings. The molecule has 0 unspecified atom stereocenters. The van der Waals surface area contributed by atoms with Gasteiger partial charge in [0.05, 0.1) is 17.1 Å². The summed E-state index contributed by atoms with van der Waals surface area (Å²) in [6.07, 6.45) is 0.715. The average molecular weight is 280 g/mol. The number of carbonyl (C=O) groups is 1. The van der Waals surface area contributed by atoms with Crippen molar-refractivity contribution < 1.29 is 17.8 Å². The van der Waals surface area contributed by atoms with Gasteiger partial charge in [-0.3, -0.25) is 14.0 Å². The highest BCUT2D eigenvalue weighted by Gasteiger charge is 2.09. The number of aryl methyl sites for hydroxylation is 1. The van der Waals surface area contributed by atoms with Crippen LogP contribution in [0.1, 0.15) is 21.7 Å². The highest BCUT2D eigenvalue weighted by molar-refractivity contribution is 7.85. The highest BCUT2D eigenvalue weighted by Crippen LogP contribution is 2.12. The van der Waals surface area contributed by atoms with Crippen LogP contribution in [0, 0.1) is 6.92 Å². The fourth-order valence-electron chi connectivity index (χ4n) is 1.73. The van der Waals surface area contributed by atoms with Gasteiger partial charge in [-0.25, -0.2) is 0 Å².